The molecule has 3 heteroatoms. The molecule has 0 aromatic heterocycles. The van der Waals surface area contributed by atoms with Crippen molar-refractivity contribution in [2.45, 2.75) is 18.9 Å². The van der Waals surface area contributed by atoms with Gasteiger partial charge in [0.2, 0.25) is 0 Å². The number of nitrogens with zero attached hydrogens (tertiary/aromatic N) is 2. The summed E-state index contributed by atoms with van der Waals surface area (Å²) < 4.78 is 0. The van der Waals surface area contributed by atoms with Crippen molar-refractivity contribution in [1.29, 1.82) is 0 Å². The molecule has 0 spiro atoms. The van der Waals surface area contributed by atoms with Gasteiger partial charge in [-0.15, -0.1) is 13.2 Å². The number of hydrogen-bond donors (Lipinski definition) is 1. The third-order valence-electron chi connectivity index (χ3n) is 2.57. The second kappa shape index (κ2) is 7.23. The molecule has 1 atom stereocenters. The van der Waals surface area contributed by atoms with Gasteiger partial charge in [-0.25, -0.2) is 0 Å². The van der Waals surface area contributed by atoms with E-state index < -0.39 is 0 Å². The molecule has 0 aromatic rings. The van der Waals surface area contributed by atoms with Crippen LogP contribution >= 0.6 is 0 Å². The molecular formula is C12H21N3. The van der Waals surface area contributed by atoms with E-state index >= 15 is 0 Å². The molecule has 0 bridgehead atoms. The number of aliphatic imine (C=N–C) groups is 1. The minimum atomic E-state index is 0.547. The van der Waals surface area contributed by atoms with Gasteiger partial charge in [-0.05, 0) is 19.4 Å². The molecule has 15 heavy (non-hydrogen) atoms. The van der Waals surface area contributed by atoms with Crippen molar-refractivity contribution < 1.29 is 0 Å². The summed E-state index contributed by atoms with van der Waals surface area (Å²) in [4.78, 5) is 6.56. The second-order valence-electron chi connectivity index (χ2n) is 3.72. The minimum absolute atomic E-state index is 0.547. The highest BCUT2D eigenvalue weighted by molar-refractivity contribution is 5.57. The van der Waals surface area contributed by atoms with Gasteiger partial charge in [0, 0.05) is 19.1 Å². The first-order valence-corrected chi connectivity index (χ1v) is 5.56. The van der Waals surface area contributed by atoms with Crippen molar-refractivity contribution >= 4 is 6.34 Å². The van der Waals surface area contributed by atoms with E-state index in [0.717, 1.165) is 39.0 Å². The van der Waals surface area contributed by atoms with E-state index in [4.69, 9.17) is 0 Å². The molecule has 1 aliphatic heterocycles. The smallest absolute Gasteiger partial charge is 0.0853 e. The fourth-order valence-electron chi connectivity index (χ4n) is 1.75. The number of rotatable bonds is 8. The molecule has 1 N–H and O–H groups in total. The topological polar surface area (TPSA) is 27.6 Å². The Morgan fingerprint density at radius 1 is 1.47 bits per heavy atom. The molecule has 0 radical (unpaired) electrons. The lowest BCUT2D eigenvalue weighted by Gasteiger charge is -2.25. The van der Waals surface area contributed by atoms with E-state index in [-0.39, 0.29) is 0 Å². The fourth-order valence-corrected chi connectivity index (χ4v) is 1.75. The largest absolute Gasteiger partial charge is 0.358 e. The van der Waals surface area contributed by atoms with Gasteiger partial charge in [-0.2, -0.15) is 0 Å². The van der Waals surface area contributed by atoms with Gasteiger partial charge in [-0.3, -0.25) is 4.99 Å². The highest BCUT2D eigenvalue weighted by atomic mass is 15.2. The van der Waals surface area contributed by atoms with Crippen LogP contribution in [0.1, 0.15) is 12.8 Å². The van der Waals surface area contributed by atoms with Crippen LogP contribution < -0.4 is 5.32 Å². The first kappa shape index (κ1) is 12.0. The van der Waals surface area contributed by atoms with Gasteiger partial charge in [0.25, 0.3) is 0 Å². The van der Waals surface area contributed by atoms with Gasteiger partial charge in [0.05, 0.1) is 12.9 Å². The second-order valence-corrected chi connectivity index (χ2v) is 3.72. The Morgan fingerprint density at radius 2 is 2.33 bits per heavy atom. The summed E-state index contributed by atoms with van der Waals surface area (Å²) in [5.41, 5.74) is 0. The van der Waals surface area contributed by atoms with E-state index in [1.807, 2.05) is 18.5 Å². The average molecular weight is 207 g/mol. The third-order valence-corrected chi connectivity index (χ3v) is 2.57. The Hall–Kier alpha value is -1.09. The van der Waals surface area contributed by atoms with Crippen LogP contribution in [-0.2, 0) is 0 Å². The predicted octanol–water partition coefficient (Wildman–Crippen LogP) is 1.44. The van der Waals surface area contributed by atoms with Gasteiger partial charge in [-0.1, -0.05) is 12.2 Å². The van der Waals surface area contributed by atoms with Crippen LogP contribution in [0, 0.1) is 0 Å². The molecule has 0 aliphatic carbocycles. The van der Waals surface area contributed by atoms with Crippen molar-refractivity contribution in [1.82, 2.24) is 10.2 Å². The molecule has 0 aromatic carbocycles. The van der Waals surface area contributed by atoms with Crippen molar-refractivity contribution in [2.24, 2.45) is 4.99 Å². The van der Waals surface area contributed by atoms with Gasteiger partial charge in [0.1, 0.15) is 0 Å². The maximum atomic E-state index is 4.24. The Labute approximate surface area is 92.6 Å². The SMILES string of the molecule is C=CCNCCC(CC=C)N1C=NCC1. The first-order valence-electron chi connectivity index (χ1n) is 5.56. The summed E-state index contributed by atoms with van der Waals surface area (Å²) in [6, 6.07) is 0.547. The standard InChI is InChI=1S/C12H21N3/c1-3-5-12(6-8-13-7-4-2)15-10-9-14-11-15/h3-4,11-13H,1-2,5-10H2. The third kappa shape index (κ3) is 4.30. The monoisotopic (exact) mass is 207 g/mol. The van der Waals surface area contributed by atoms with Crippen molar-refractivity contribution in [3.63, 3.8) is 0 Å². The normalized spacial score (nSPS) is 16.7. The maximum absolute atomic E-state index is 4.24. The quantitative estimate of drug-likeness (QED) is 0.482. The van der Waals surface area contributed by atoms with Crippen molar-refractivity contribution in [3.05, 3.63) is 25.3 Å². The predicted molar refractivity (Wildman–Crippen MR) is 66.4 cm³/mol. The highest BCUT2D eigenvalue weighted by Gasteiger charge is 2.16. The van der Waals surface area contributed by atoms with Crippen LogP contribution in [-0.4, -0.2) is 43.5 Å². The lowest BCUT2D eigenvalue weighted by Crippen LogP contribution is -2.35. The lowest BCUT2D eigenvalue weighted by molar-refractivity contribution is 0.324. The first-order chi connectivity index (χ1) is 7.38. The summed E-state index contributed by atoms with van der Waals surface area (Å²) in [5.74, 6) is 0. The van der Waals surface area contributed by atoms with Crippen molar-refractivity contribution in [3.8, 4) is 0 Å². The Bertz CT molecular complexity index is 223. The molecule has 0 fully saturated rings. The molecule has 0 amide bonds. The fraction of sp³-hybridized carbons (Fsp3) is 0.583. The van der Waals surface area contributed by atoms with Crippen molar-refractivity contribution in [2.75, 3.05) is 26.2 Å². The zero-order valence-corrected chi connectivity index (χ0v) is 9.36. The van der Waals surface area contributed by atoms with Gasteiger partial charge in [0.15, 0.2) is 0 Å². The Balaban J connectivity index is 2.26. The molecule has 3 nitrogen and oxygen atoms in total. The zero-order valence-electron chi connectivity index (χ0n) is 9.36. The van der Waals surface area contributed by atoms with E-state index in [1.165, 1.54) is 0 Å². The van der Waals surface area contributed by atoms with Crippen LogP contribution in [0.5, 0.6) is 0 Å². The molecule has 1 rings (SSSR count). The van der Waals surface area contributed by atoms with Crippen LogP contribution in [0.3, 0.4) is 0 Å². The Kier molecular flexibility index (Phi) is 5.78. The van der Waals surface area contributed by atoms with E-state index in [2.05, 4.69) is 28.4 Å². The summed E-state index contributed by atoms with van der Waals surface area (Å²) >= 11 is 0. The van der Waals surface area contributed by atoms with Gasteiger partial charge >= 0.3 is 0 Å². The van der Waals surface area contributed by atoms with E-state index in [0.29, 0.717) is 6.04 Å². The Morgan fingerprint density at radius 3 is 2.93 bits per heavy atom. The van der Waals surface area contributed by atoms with Crippen LogP contribution in [0.2, 0.25) is 0 Å². The minimum Gasteiger partial charge on any atom is -0.358 e. The molecule has 0 saturated heterocycles. The number of nitrogens with one attached hydrogen (secondary N) is 1. The van der Waals surface area contributed by atoms with Crippen LogP contribution in [0.25, 0.3) is 0 Å². The molecule has 1 aliphatic rings. The number of hydrogen-bond acceptors (Lipinski definition) is 3. The summed E-state index contributed by atoms with van der Waals surface area (Å²) in [6.07, 6.45) is 8.01. The summed E-state index contributed by atoms with van der Waals surface area (Å²) in [5, 5.41) is 3.32. The average Bonchev–Trinajstić information content (AvgIpc) is 2.76. The molecule has 1 unspecified atom stereocenters. The highest BCUT2D eigenvalue weighted by Crippen LogP contribution is 2.09. The van der Waals surface area contributed by atoms with Gasteiger partial charge < -0.3 is 10.2 Å². The summed E-state index contributed by atoms with van der Waals surface area (Å²) in [6.45, 7) is 11.4. The molecule has 0 saturated carbocycles. The zero-order chi connectivity index (χ0) is 10.9. The molecule has 1 heterocycles. The lowest BCUT2D eigenvalue weighted by atomic mass is 10.1. The van der Waals surface area contributed by atoms with E-state index in [9.17, 15) is 0 Å². The summed E-state index contributed by atoms with van der Waals surface area (Å²) in [7, 11) is 0. The van der Waals surface area contributed by atoms with Crippen LogP contribution in [0.15, 0.2) is 30.3 Å². The van der Waals surface area contributed by atoms with Crippen LogP contribution in [0.4, 0.5) is 0 Å². The maximum Gasteiger partial charge on any atom is 0.0853 e. The van der Waals surface area contributed by atoms with E-state index in [1.54, 1.807) is 0 Å². The molecular weight excluding hydrogens is 186 g/mol. The molecule has 84 valence electrons.